The Morgan fingerprint density at radius 3 is 2.72 bits per heavy atom. The summed E-state index contributed by atoms with van der Waals surface area (Å²) in [6.45, 7) is -0.171. The van der Waals surface area contributed by atoms with E-state index in [-0.39, 0.29) is 17.9 Å². The van der Waals surface area contributed by atoms with Gasteiger partial charge in [-0.2, -0.15) is 0 Å². The number of fused-ring (bicyclic) bond motifs is 1. The Kier molecular flexibility index (Phi) is 4.83. The maximum atomic E-state index is 12.2. The van der Waals surface area contributed by atoms with Crippen LogP contribution in [0.3, 0.4) is 0 Å². The molecule has 6 nitrogen and oxygen atoms in total. The lowest BCUT2D eigenvalue weighted by Crippen LogP contribution is -2.08. The van der Waals surface area contributed by atoms with Crippen molar-refractivity contribution < 1.29 is 14.5 Å². The summed E-state index contributed by atoms with van der Waals surface area (Å²) < 4.78 is 5.22. The van der Waals surface area contributed by atoms with Gasteiger partial charge >= 0.3 is 5.97 Å². The predicted molar refractivity (Wildman–Crippen MR) is 94.0 cm³/mol. The van der Waals surface area contributed by atoms with E-state index in [2.05, 4.69) is 4.98 Å². The molecule has 0 amide bonds. The molecule has 0 bridgehead atoms. The molecule has 0 saturated carbocycles. The number of nitro groups is 1. The molecule has 25 heavy (non-hydrogen) atoms. The highest BCUT2D eigenvalue weighted by atomic mass is 35.5. The van der Waals surface area contributed by atoms with Gasteiger partial charge in [-0.05, 0) is 18.2 Å². The zero-order valence-electron chi connectivity index (χ0n) is 12.6. The molecule has 0 atom stereocenters. The molecule has 2 aromatic carbocycles. The van der Waals surface area contributed by atoms with Crippen molar-refractivity contribution in [3.8, 4) is 0 Å². The molecule has 1 heterocycles. The van der Waals surface area contributed by atoms with Crippen LogP contribution in [-0.2, 0) is 11.3 Å². The maximum Gasteiger partial charge on any atom is 0.345 e. The van der Waals surface area contributed by atoms with E-state index in [0.717, 1.165) is 5.39 Å². The summed E-state index contributed by atoms with van der Waals surface area (Å²) in [6, 6.07) is 10.7. The number of esters is 1. The van der Waals surface area contributed by atoms with Gasteiger partial charge in [0.2, 0.25) is 0 Å². The van der Waals surface area contributed by atoms with Gasteiger partial charge in [-0.15, -0.1) is 0 Å². The zero-order chi connectivity index (χ0) is 18.0. The lowest BCUT2D eigenvalue weighted by atomic mass is 10.1. The Morgan fingerprint density at radius 2 is 1.96 bits per heavy atom. The number of nitrogens with zero attached hydrogens (tertiary/aromatic N) is 2. The van der Waals surface area contributed by atoms with Crippen LogP contribution >= 0.6 is 23.2 Å². The molecular weight excluding hydrogens is 367 g/mol. The average Bonchev–Trinajstić information content (AvgIpc) is 2.60. The molecule has 0 radical (unpaired) electrons. The molecule has 0 aliphatic heterocycles. The largest absolute Gasteiger partial charge is 0.457 e. The van der Waals surface area contributed by atoms with Crippen molar-refractivity contribution in [2.75, 3.05) is 0 Å². The molecule has 0 saturated heterocycles. The van der Waals surface area contributed by atoms with E-state index in [0.29, 0.717) is 21.1 Å². The van der Waals surface area contributed by atoms with E-state index >= 15 is 0 Å². The fourth-order valence-electron chi connectivity index (χ4n) is 2.37. The first-order chi connectivity index (χ1) is 12.0. The molecular formula is C17H10Cl2N2O4. The Morgan fingerprint density at radius 1 is 1.20 bits per heavy atom. The molecule has 126 valence electrons. The molecule has 1 aromatic heterocycles. The number of para-hydroxylation sites is 1. The molecule has 3 rings (SSSR count). The van der Waals surface area contributed by atoms with Crippen molar-refractivity contribution in [1.29, 1.82) is 0 Å². The van der Waals surface area contributed by atoms with Gasteiger partial charge in [0.05, 0.1) is 15.5 Å². The average molecular weight is 377 g/mol. The summed E-state index contributed by atoms with van der Waals surface area (Å²) in [5, 5.41) is 12.6. The van der Waals surface area contributed by atoms with Crippen LogP contribution in [0.2, 0.25) is 10.0 Å². The first-order valence-corrected chi connectivity index (χ1v) is 7.86. The third-order valence-corrected chi connectivity index (χ3v) is 4.10. The number of benzene rings is 2. The van der Waals surface area contributed by atoms with Crippen molar-refractivity contribution in [2.45, 2.75) is 6.61 Å². The summed E-state index contributed by atoms with van der Waals surface area (Å²) in [5.74, 6) is -0.811. The fourth-order valence-corrected chi connectivity index (χ4v) is 2.74. The molecule has 0 aliphatic rings. The summed E-state index contributed by atoms with van der Waals surface area (Å²) in [5.41, 5.74) is 0.608. The van der Waals surface area contributed by atoms with Crippen LogP contribution in [0.25, 0.3) is 10.9 Å². The van der Waals surface area contributed by atoms with Gasteiger partial charge in [0.1, 0.15) is 12.2 Å². The van der Waals surface area contributed by atoms with Crippen LogP contribution in [0.15, 0.2) is 48.7 Å². The van der Waals surface area contributed by atoms with Crippen LogP contribution in [0.5, 0.6) is 0 Å². The number of aromatic nitrogens is 1. The quantitative estimate of drug-likeness (QED) is 0.370. The van der Waals surface area contributed by atoms with Crippen LogP contribution in [0, 0.1) is 10.1 Å². The van der Waals surface area contributed by atoms with Gasteiger partial charge in [0.25, 0.3) is 5.69 Å². The topological polar surface area (TPSA) is 82.3 Å². The van der Waals surface area contributed by atoms with Gasteiger partial charge in [-0.25, -0.2) is 4.79 Å². The number of hydrogen-bond donors (Lipinski definition) is 0. The molecule has 0 aliphatic carbocycles. The first kappa shape index (κ1) is 17.1. The van der Waals surface area contributed by atoms with Crippen LogP contribution in [0.4, 0.5) is 5.69 Å². The molecule has 0 unspecified atom stereocenters. The third kappa shape index (κ3) is 3.55. The minimum Gasteiger partial charge on any atom is -0.457 e. The monoisotopic (exact) mass is 376 g/mol. The lowest BCUT2D eigenvalue weighted by molar-refractivity contribution is -0.385. The Labute approximate surface area is 152 Å². The second-order valence-electron chi connectivity index (χ2n) is 5.10. The number of nitro benzene ring substituents is 1. The van der Waals surface area contributed by atoms with Crippen molar-refractivity contribution >= 4 is 45.8 Å². The third-order valence-electron chi connectivity index (χ3n) is 3.54. The first-order valence-electron chi connectivity index (χ1n) is 7.10. The number of hydrogen-bond acceptors (Lipinski definition) is 5. The number of rotatable bonds is 4. The molecule has 0 fully saturated rings. The molecule has 0 spiro atoms. The van der Waals surface area contributed by atoms with E-state index in [4.69, 9.17) is 27.9 Å². The molecule has 8 heteroatoms. The number of carbonyl (C=O) groups is 1. The van der Waals surface area contributed by atoms with Crippen LogP contribution in [0.1, 0.15) is 15.9 Å². The predicted octanol–water partition coefficient (Wildman–Crippen LogP) is 4.81. The number of ether oxygens (including phenoxy) is 1. The Balaban J connectivity index is 1.90. The van der Waals surface area contributed by atoms with Crippen molar-refractivity contribution in [1.82, 2.24) is 4.98 Å². The fraction of sp³-hybridized carbons (Fsp3) is 0.0588. The van der Waals surface area contributed by atoms with Crippen molar-refractivity contribution in [3.05, 3.63) is 79.9 Å². The Hall–Kier alpha value is -2.70. The van der Waals surface area contributed by atoms with Crippen LogP contribution in [-0.4, -0.2) is 15.9 Å². The van der Waals surface area contributed by atoms with Gasteiger partial charge in [0, 0.05) is 28.2 Å². The standard InChI is InChI=1S/C17H10Cl2N2O4/c18-11-7-10-5-6-14(19)13(16(10)20-8-11)9-25-17(22)12-3-1-2-4-15(12)21(23)24/h1-8H,9H2. The van der Waals surface area contributed by atoms with E-state index in [1.165, 1.54) is 30.5 Å². The zero-order valence-corrected chi connectivity index (χ0v) is 14.1. The minimum absolute atomic E-state index is 0.125. The van der Waals surface area contributed by atoms with E-state index in [9.17, 15) is 14.9 Å². The second-order valence-corrected chi connectivity index (χ2v) is 5.95. The number of carbonyl (C=O) groups excluding carboxylic acids is 1. The smallest absolute Gasteiger partial charge is 0.345 e. The molecule has 3 aromatic rings. The number of halogens is 2. The summed E-state index contributed by atoms with van der Waals surface area (Å²) >= 11 is 12.1. The highest BCUT2D eigenvalue weighted by molar-refractivity contribution is 6.33. The SMILES string of the molecule is O=C(OCc1c(Cl)ccc2cc(Cl)cnc12)c1ccccc1[N+](=O)[O-]. The maximum absolute atomic E-state index is 12.2. The van der Waals surface area contributed by atoms with E-state index < -0.39 is 10.9 Å². The van der Waals surface area contributed by atoms with Crippen LogP contribution < -0.4 is 0 Å². The summed E-state index contributed by atoms with van der Waals surface area (Å²) in [6.07, 6.45) is 1.47. The van der Waals surface area contributed by atoms with Crippen molar-refractivity contribution in [2.24, 2.45) is 0 Å². The summed E-state index contributed by atoms with van der Waals surface area (Å²) in [7, 11) is 0. The normalized spacial score (nSPS) is 10.6. The van der Waals surface area contributed by atoms with Gasteiger partial charge in [-0.1, -0.05) is 41.4 Å². The number of pyridine rings is 1. The van der Waals surface area contributed by atoms with Gasteiger partial charge < -0.3 is 4.74 Å². The highest BCUT2D eigenvalue weighted by Gasteiger charge is 2.21. The van der Waals surface area contributed by atoms with Crippen molar-refractivity contribution in [3.63, 3.8) is 0 Å². The Bertz CT molecular complexity index is 992. The molecule has 0 N–H and O–H groups in total. The highest BCUT2D eigenvalue weighted by Crippen LogP contribution is 2.28. The second kappa shape index (κ2) is 7.04. The van der Waals surface area contributed by atoms with E-state index in [1.54, 1.807) is 18.2 Å². The van der Waals surface area contributed by atoms with E-state index in [1.807, 2.05) is 0 Å². The lowest BCUT2D eigenvalue weighted by Gasteiger charge is -2.10. The van der Waals surface area contributed by atoms with Gasteiger partial charge in [0.15, 0.2) is 0 Å². The minimum atomic E-state index is -0.811. The summed E-state index contributed by atoms with van der Waals surface area (Å²) in [4.78, 5) is 26.8. The van der Waals surface area contributed by atoms with Gasteiger partial charge in [-0.3, -0.25) is 15.1 Å².